The highest BCUT2D eigenvalue weighted by Gasteiger charge is 2.26. The Morgan fingerprint density at radius 2 is 1.60 bits per heavy atom. The van der Waals surface area contributed by atoms with Gasteiger partial charge in [-0.25, -0.2) is 8.42 Å². The number of hydrogen-bond donors (Lipinski definition) is 2. The first-order chi connectivity index (χ1) is 16.6. The summed E-state index contributed by atoms with van der Waals surface area (Å²) in [5, 5.41) is 5.51. The predicted molar refractivity (Wildman–Crippen MR) is 135 cm³/mol. The second-order valence-electron chi connectivity index (χ2n) is 8.24. The van der Waals surface area contributed by atoms with Gasteiger partial charge in [-0.2, -0.15) is 4.31 Å². The second kappa shape index (κ2) is 11.2. The van der Waals surface area contributed by atoms with Gasteiger partial charge >= 0.3 is 0 Å². The Labute approximate surface area is 206 Å². The summed E-state index contributed by atoms with van der Waals surface area (Å²) in [6.45, 7) is 3.83. The molecule has 0 heterocycles. The first kappa shape index (κ1) is 25.9. The summed E-state index contributed by atoms with van der Waals surface area (Å²) in [5.74, 6) is -0.755. The van der Waals surface area contributed by atoms with Crippen molar-refractivity contribution < 1.29 is 22.7 Å². The van der Waals surface area contributed by atoms with Crippen molar-refractivity contribution in [3.05, 3.63) is 89.5 Å². The molecule has 0 unspecified atom stereocenters. The average Bonchev–Trinajstić information content (AvgIpc) is 2.84. The van der Waals surface area contributed by atoms with Gasteiger partial charge in [-0.3, -0.25) is 9.59 Å². The summed E-state index contributed by atoms with van der Waals surface area (Å²) in [5.41, 5.74) is 1.55. The third kappa shape index (κ3) is 6.26. The van der Waals surface area contributed by atoms with Crippen LogP contribution in [0.2, 0.25) is 0 Å². The molecule has 35 heavy (non-hydrogen) atoms. The number of nitrogens with zero attached hydrogens (tertiary/aromatic N) is 1. The zero-order valence-electron chi connectivity index (χ0n) is 20.1. The maximum Gasteiger partial charge on any atom is 0.255 e. The number of hydrogen-bond acceptors (Lipinski definition) is 5. The van der Waals surface area contributed by atoms with Gasteiger partial charge in [-0.15, -0.1) is 0 Å². The summed E-state index contributed by atoms with van der Waals surface area (Å²) < 4.78 is 33.2. The summed E-state index contributed by atoms with van der Waals surface area (Å²) in [7, 11) is -1.14. The molecule has 0 aliphatic heterocycles. The number of sulfonamides is 1. The molecule has 3 rings (SSSR count). The van der Waals surface area contributed by atoms with Gasteiger partial charge in [0.05, 0.1) is 18.4 Å². The van der Waals surface area contributed by atoms with Crippen molar-refractivity contribution in [2.24, 2.45) is 0 Å². The molecule has 3 aromatic carbocycles. The Morgan fingerprint density at radius 3 is 2.26 bits per heavy atom. The minimum atomic E-state index is -3.98. The summed E-state index contributed by atoms with van der Waals surface area (Å²) in [6.07, 6.45) is 0. The number of rotatable bonds is 9. The van der Waals surface area contributed by atoms with Crippen LogP contribution in [0.3, 0.4) is 0 Å². The molecule has 3 aromatic rings. The van der Waals surface area contributed by atoms with Crippen LogP contribution in [0.1, 0.15) is 40.1 Å². The molecule has 0 radical (unpaired) electrons. The molecule has 184 valence electrons. The van der Waals surface area contributed by atoms with Crippen LogP contribution in [0.5, 0.6) is 5.75 Å². The number of ether oxygens (including phenoxy) is 1. The molecule has 0 aliphatic rings. The maximum atomic E-state index is 13.4. The lowest BCUT2D eigenvalue weighted by atomic mass is 10.1. The smallest absolute Gasteiger partial charge is 0.255 e. The van der Waals surface area contributed by atoms with Crippen LogP contribution in [-0.2, 0) is 16.6 Å². The van der Waals surface area contributed by atoms with E-state index in [4.69, 9.17) is 4.74 Å². The molecule has 2 N–H and O–H groups in total. The Hall–Kier alpha value is -3.69. The van der Waals surface area contributed by atoms with E-state index in [1.165, 1.54) is 36.7 Å². The van der Waals surface area contributed by atoms with E-state index in [1.807, 2.05) is 44.2 Å². The normalized spacial score (nSPS) is 11.4. The van der Waals surface area contributed by atoms with Crippen LogP contribution in [0.4, 0.5) is 5.69 Å². The number of benzene rings is 3. The van der Waals surface area contributed by atoms with Crippen LogP contribution in [-0.4, -0.2) is 44.7 Å². The summed E-state index contributed by atoms with van der Waals surface area (Å²) >= 11 is 0. The van der Waals surface area contributed by atoms with Crippen molar-refractivity contribution in [1.82, 2.24) is 9.62 Å². The van der Waals surface area contributed by atoms with Crippen LogP contribution in [0.25, 0.3) is 0 Å². The van der Waals surface area contributed by atoms with Crippen molar-refractivity contribution in [2.75, 3.05) is 19.5 Å². The van der Waals surface area contributed by atoms with Gasteiger partial charge in [0.25, 0.3) is 11.8 Å². The first-order valence-corrected chi connectivity index (χ1v) is 12.5. The average molecular weight is 496 g/mol. The molecule has 0 fully saturated rings. The molecule has 0 atom stereocenters. The van der Waals surface area contributed by atoms with Crippen molar-refractivity contribution >= 4 is 27.5 Å². The fourth-order valence-corrected chi connectivity index (χ4v) is 4.77. The molecule has 0 saturated carbocycles. The van der Waals surface area contributed by atoms with E-state index in [0.717, 1.165) is 5.56 Å². The Balaban J connectivity index is 1.90. The van der Waals surface area contributed by atoms with Crippen molar-refractivity contribution in [1.29, 1.82) is 0 Å². The highest BCUT2D eigenvalue weighted by Crippen LogP contribution is 2.29. The van der Waals surface area contributed by atoms with Gasteiger partial charge in [-0.05, 0) is 49.7 Å². The largest absolute Gasteiger partial charge is 0.495 e. The van der Waals surface area contributed by atoms with Gasteiger partial charge in [0.1, 0.15) is 10.6 Å². The van der Waals surface area contributed by atoms with E-state index in [1.54, 1.807) is 24.3 Å². The van der Waals surface area contributed by atoms with Gasteiger partial charge in [-0.1, -0.05) is 42.5 Å². The Bertz CT molecular complexity index is 1310. The number of carbonyl (C=O) groups excluding carboxylic acids is 2. The lowest BCUT2D eigenvalue weighted by molar-refractivity contribution is 0.0944. The molecule has 0 spiro atoms. The standard InChI is InChI=1S/C26H29N3O5S/c1-18(2)27-26(31)21-12-8-9-13-22(21)28-25(30)20-14-15-23(34-4)24(16-20)35(32,33)29(3)17-19-10-6-5-7-11-19/h5-16,18H,17H2,1-4H3,(H,27,31)(H,28,30). The highest BCUT2D eigenvalue weighted by atomic mass is 32.2. The lowest BCUT2D eigenvalue weighted by Crippen LogP contribution is -2.31. The van der Waals surface area contributed by atoms with E-state index >= 15 is 0 Å². The quantitative estimate of drug-likeness (QED) is 0.468. The number of para-hydroxylation sites is 1. The van der Waals surface area contributed by atoms with Crippen LogP contribution in [0, 0.1) is 0 Å². The zero-order chi connectivity index (χ0) is 25.6. The lowest BCUT2D eigenvalue weighted by Gasteiger charge is -2.20. The predicted octanol–water partition coefficient (Wildman–Crippen LogP) is 3.91. The van der Waals surface area contributed by atoms with Gasteiger partial charge in [0.2, 0.25) is 10.0 Å². The first-order valence-electron chi connectivity index (χ1n) is 11.0. The van der Waals surface area contributed by atoms with Crippen molar-refractivity contribution in [3.8, 4) is 5.75 Å². The van der Waals surface area contributed by atoms with E-state index < -0.39 is 15.9 Å². The Kier molecular flexibility index (Phi) is 8.26. The zero-order valence-corrected chi connectivity index (χ0v) is 20.9. The Morgan fingerprint density at radius 1 is 0.943 bits per heavy atom. The van der Waals surface area contributed by atoms with E-state index in [0.29, 0.717) is 11.3 Å². The molecule has 0 saturated heterocycles. The van der Waals surface area contributed by atoms with Gasteiger partial charge in [0, 0.05) is 25.2 Å². The van der Waals surface area contributed by atoms with Gasteiger partial charge in [0.15, 0.2) is 0 Å². The minimum Gasteiger partial charge on any atom is -0.495 e. The van der Waals surface area contributed by atoms with E-state index in [9.17, 15) is 18.0 Å². The minimum absolute atomic E-state index is 0.0755. The molecular weight excluding hydrogens is 466 g/mol. The van der Waals surface area contributed by atoms with Crippen LogP contribution in [0.15, 0.2) is 77.7 Å². The molecular formula is C26H29N3O5S. The molecule has 0 bridgehead atoms. The topological polar surface area (TPSA) is 105 Å². The van der Waals surface area contributed by atoms with Crippen molar-refractivity contribution in [3.63, 3.8) is 0 Å². The maximum absolute atomic E-state index is 13.4. The molecule has 8 nitrogen and oxygen atoms in total. The molecule has 0 aliphatic carbocycles. The SMILES string of the molecule is COc1ccc(C(=O)Nc2ccccc2C(=O)NC(C)C)cc1S(=O)(=O)N(C)Cc1ccccc1. The third-order valence-electron chi connectivity index (χ3n) is 5.20. The van der Waals surface area contributed by atoms with Gasteiger partial charge < -0.3 is 15.4 Å². The fourth-order valence-electron chi connectivity index (χ4n) is 3.44. The second-order valence-corrected chi connectivity index (χ2v) is 10.3. The summed E-state index contributed by atoms with van der Waals surface area (Å²) in [4.78, 5) is 25.5. The van der Waals surface area contributed by atoms with Crippen molar-refractivity contribution in [2.45, 2.75) is 31.3 Å². The molecule has 0 aromatic heterocycles. The number of carbonyl (C=O) groups is 2. The highest BCUT2D eigenvalue weighted by molar-refractivity contribution is 7.89. The molecule has 2 amide bonds. The fraction of sp³-hybridized carbons (Fsp3) is 0.231. The van der Waals surface area contributed by atoms with Crippen LogP contribution >= 0.6 is 0 Å². The summed E-state index contributed by atoms with van der Waals surface area (Å²) in [6, 6.07) is 19.9. The number of methoxy groups -OCH3 is 1. The molecule has 9 heteroatoms. The number of nitrogens with one attached hydrogen (secondary N) is 2. The number of anilines is 1. The number of amides is 2. The third-order valence-corrected chi connectivity index (χ3v) is 7.03. The van der Waals surface area contributed by atoms with Crippen LogP contribution < -0.4 is 15.4 Å². The van der Waals surface area contributed by atoms with E-state index in [2.05, 4.69) is 10.6 Å². The monoisotopic (exact) mass is 495 g/mol. The van der Waals surface area contributed by atoms with E-state index in [-0.39, 0.29) is 34.7 Å².